The van der Waals surface area contributed by atoms with Gasteiger partial charge in [0.05, 0.1) is 23.6 Å². The van der Waals surface area contributed by atoms with Crippen molar-refractivity contribution in [3.63, 3.8) is 0 Å². The van der Waals surface area contributed by atoms with E-state index in [4.69, 9.17) is 10.5 Å². The summed E-state index contributed by atoms with van der Waals surface area (Å²) in [5.74, 6) is 0. The van der Waals surface area contributed by atoms with Gasteiger partial charge in [0.25, 0.3) is 0 Å². The van der Waals surface area contributed by atoms with E-state index in [1.54, 1.807) is 12.1 Å². The van der Waals surface area contributed by atoms with Gasteiger partial charge < -0.3 is 10.5 Å². The fraction of sp³-hybridized carbons (Fsp3) is 0.571. The number of aryl methyl sites for hydroxylation is 1. The number of nitrogens with zero attached hydrogens (tertiary/aromatic N) is 1. The zero-order valence-electron chi connectivity index (χ0n) is 12.2. The SMILES string of the molecule is Cc1ccc(S(=O)(=O)N2CCOCC2(C)C)cc1CN. The molecule has 1 fully saturated rings. The van der Waals surface area contributed by atoms with E-state index in [0.717, 1.165) is 11.1 Å². The zero-order valence-corrected chi connectivity index (χ0v) is 13.0. The molecule has 1 aliphatic heterocycles. The molecule has 0 unspecified atom stereocenters. The molecule has 0 atom stereocenters. The first kappa shape index (κ1) is 15.4. The standard InChI is InChI=1S/C14H22N2O3S/c1-11-4-5-13(8-12(11)9-15)20(17,18)16-6-7-19-10-14(16,2)3/h4-5,8H,6-7,9-10,15H2,1-3H3. The molecule has 1 saturated heterocycles. The molecule has 2 rings (SSSR count). The number of rotatable bonds is 3. The molecule has 0 amide bonds. The molecule has 0 radical (unpaired) electrons. The predicted molar refractivity (Wildman–Crippen MR) is 77.9 cm³/mol. The average molecular weight is 298 g/mol. The van der Waals surface area contributed by atoms with Crippen molar-refractivity contribution in [1.29, 1.82) is 0 Å². The van der Waals surface area contributed by atoms with E-state index < -0.39 is 15.6 Å². The van der Waals surface area contributed by atoms with Crippen LogP contribution in [0.2, 0.25) is 0 Å². The van der Waals surface area contributed by atoms with E-state index in [-0.39, 0.29) is 0 Å². The third-order valence-corrected chi connectivity index (χ3v) is 5.80. The highest BCUT2D eigenvalue weighted by Crippen LogP contribution is 2.28. The molecule has 1 aromatic rings. The van der Waals surface area contributed by atoms with Crippen molar-refractivity contribution < 1.29 is 13.2 Å². The van der Waals surface area contributed by atoms with Crippen molar-refractivity contribution in [1.82, 2.24) is 4.31 Å². The van der Waals surface area contributed by atoms with E-state index in [0.29, 0.717) is 31.2 Å². The molecule has 6 heteroatoms. The fourth-order valence-corrected chi connectivity index (χ4v) is 4.25. The Morgan fingerprint density at radius 2 is 2.10 bits per heavy atom. The zero-order chi connectivity index (χ0) is 15.0. The number of morpholine rings is 1. The molecule has 1 heterocycles. The second-order valence-electron chi connectivity index (χ2n) is 5.73. The topological polar surface area (TPSA) is 72.6 Å². The molecule has 0 aromatic heterocycles. The van der Waals surface area contributed by atoms with Gasteiger partial charge >= 0.3 is 0 Å². The van der Waals surface area contributed by atoms with Crippen molar-refractivity contribution in [3.05, 3.63) is 29.3 Å². The van der Waals surface area contributed by atoms with E-state index in [1.165, 1.54) is 4.31 Å². The molecular formula is C14H22N2O3S. The van der Waals surface area contributed by atoms with Gasteiger partial charge in [-0.2, -0.15) is 4.31 Å². The van der Waals surface area contributed by atoms with Crippen LogP contribution in [-0.2, 0) is 21.3 Å². The Morgan fingerprint density at radius 1 is 1.40 bits per heavy atom. The number of sulfonamides is 1. The van der Waals surface area contributed by atoms with Crippen LogP contribution in [0.3, 0.4) is 0 Å². The van der Waals surface area contributed by atoms with Gasteiger partial charge in [-0.1, -0.05) is 6.07 Å². The lowest BCUT2D eigenvalue weighted by Crippen LogP contribution is -2.55. The Hall–Kier alpha value is -0.950. The summed E-state index contributed by atoms with van der Waals surface area (Å²) >= 11 is 0. The lowest BCUT2D eigenvalue weighted by atomic mass is 10.1. The normalized spacial score (nSPS) is 20.0. The predicted octanol–water partition coefficient (Wildman–Crippen LogP) is 1.25. The summed E-state index contributed by atoms with van der Waals surface area (Å²) < 4.78 is 32.5. The van der Waals surface area contributed by atoms with Crippen molar-refractivity contribution in [3.8, 4) is 0 Å². The number of hydrogen-bond donors (Lipinski definition) is 1. The summed E-state index contributed by atoms with van der Waals surface area (Å²) in [6, 6.07) is 5.13. The van der Waals surface area contributed by atoms with E-state index in [1.807, 2.05) is 26.8 Å². The molecule has 112 valence electrons. The molecule has 0 spiro atoms. The third kappa shape index (κ3) is 2.74. The molecule has 20 heavy (non-hydrogen) atoms. The Balaban J connectivity index is 2.44. The van der Waals surface area contributed by atoms with Crippen LogP contribution in [0.1, 0.15) is 25.0 Å². The lowest BCUT2D eigenvalue weighted by molar-refractivity contribution is -0.00771. The Morgan fingerprint density at radius 3 is 2.70 bits per heavy atom. The van der Waals surface area contributed by atoms with Gasteiger partial charge in [-0.25, -0.2) is 8.42 Å². The first-order chi connectivity index (χ1) is 9.29. The number of hydrogen-bond acceptors (Lipinski definition) is 4. The highest BCUT2D eigenvalue weighted by Gasteiger charge is 2.39. The molecule has 1 aliphatic rings. The average Bonchev–Trinajstić information content (AvgIpc) is 2.38. The summed E-state index contributed by atoms with van der Waals surface area (Å²) in [5.41, 5.74) is 6.99. The summed E-state index contributed by atoms with van der Waals surface area (Å²) in [7, 11) is -3.52. The lowest BCUT2D eigenvalue weighted by Gasteiger charge is -2.40. The Bertz CT molecular complexity index is 596. The van der Waals surface area contributed by atoms with Crippen LogP contribution < -0.4 is 5.73 Å². The highest BCUT2D eigenvalue weighted by atomic mass is 32.2. The van der Waals surface area contributed by atoms with Gasteiger partial charge in [-0.15, -0.1) is 0 Å². The maximum absolute atomic E-state index is 12.8. The first-order valence-electron chi connectivity index (χ1n) is 6.69. The molecular weight excluding hydrogens is 276 g/mol. The highest BCUT2D eigenvalue weighted by molar-refractivity contribution is 7.89. The van der Waals surface area contributed by atoms with Gasteiger partial charge in [-0.3, -0.25) is 0 Å². The van der Waals surface area contributed by atoms with Crippen LogP contribution in [0.25, 0.3) is 0 Å². The summed E-state index contributed by atoms with van der Waals surface area (Å²) in [5, 5.41) is 0. The van der Waals surface area contributed by atoms with E-state index in [9.17, 15) is 8.42 Å². The quantitative estimate of drug-likeness (QED) is 0.911. The second-order valence-corrected chi connectivity index (χ2v) is 7.60. The first-order valence-corrected chi connectivity index (χ1v) is 8.13. The van der Waals surface area contributed by atoms with Gasteiger partial charge in [0.2, 0.25) is 10.0 Å². The van der Waals surface area contributed by atoms with Gasteiger partial charge in [-0.05, 0) is 44.0 Å². The van der Waals surface area contributed by atoms with Crippen LogP contribution in [0, 0.1) is 6.92 Å². The molecule has 1 aromatic carbocycles. The minimum absolute atomic E-state index is 0.304. The number of ether oxygens (including phenoxy) is 1. The second kappa shape index (κ2) is 5.44. The van der Waals surface area contributed by atoms with Crippen LogP contribution in [-0.4, -0.2) is 38.0 Å². The maximum atomic E-state index is 12.8. The van der Waals surface area contributed by atoms with Crippen molar-refractivity contribution in [2.45, 2.75) is 37.8 Å². The summed E-state index contributed by atoms with van der Waals surface area (Å²) in [6.07, 6.45) is 0. The van der Waals surface area contributed by atoms with Gasteiger partial charge in [0, 0.05) is 13.1 Å². The van der Waals surface area contributed by atoms with E-state index >= 15 is 0 Å². The smallest absolute Gasteiger partial charge is 0.243 e. The van der Waals surface area contributed by atoms with Crippen molar-refractivity contribution >= 4 is 10.0 Å². The largest absolute Gasteiger partial charge is 0.378 e. The van der Waals surface area contributed by atoms with Gasteiger partial charge in [0.1, 0.15) is 0 Å². The monoisotopic (exact) mass is 298 g/mol. The van der Waals surface area contributed by atoms with Crippen molar-refractivity contribution in [2.24, 2.45) is 5.73 Å². The van der Waals surface area contributed by atoms with Crippen LogP contribution in [0.5, 0.6) is 0 Å². The molecule has 0 saturated carbocycles. The summed E-state index contributed by atoms with van der Waals surface area (Å²) in [6.45, 7) is 7.23. The van der Waals surface area contributed by atoms with E-state index in [2.05, 4.69) is 0 Å². The Labute approximate surface area is 120 Å². The van der Waals surface area contributed by atoms with Crippen LogP contribution in [0.15, 0.2) is 23.1 Å². The Kier molecular flexibility index (Phi) is 4.20. The molecule has 0 bridgehead atoms. The van der Waals surface area contributed by atoms with Gasteiger partial charge in [0.15, 0.2) is 0 Å². The maximum Gasteiger partial charge on any atom is 0.243 e. The third-order valence-electron chi connectivity index (χ3n) is 3.70. The number of benzene rings is 1. The summed E-state index contributed by atoms with van der Waals surface area (Å²) in [4.78, 5) is 0.304. The van der Waals surface area contributed by atoms with Crippen LogP contribution >= 0.6 is 0 Å². The fourth-order valence-electron chi connectivity index (χ4n) is 2.45. The number of nitrogens with two attached hydrogens (primary N) is 1. The molecule has 5 nitrogen and oxygen atoms in total. The minimum Gasteiger partial charge on any atom is -0.378 e. The molecule has 0 aliphatic carbocycles. The van der Waals surface area contributed by atoms with Crippen LogP contribution in [0.4, 0.5) is 0 Å². The van der Waals surface area contributed by atoms with Crippen molar-refractivity contribution in [2.75, 3.05) is 19.8 Å². The molecule has 2 N–H and O–H groups in total. The minimum atomic E-state index is -3.52.